The molecule has 1 saturated heterocycles. The number of rotatable bonds is 6. The maximum absolute atomic E-state index is 13.0. The second kappa shape index (κ2) is 9.28. The predicted octanol–water partition coefficient (Wildman–Crippen LogP) is 4.14. The van der Waals surface area contributed by atoms with Gasteiger partial charge in [-0.1, -0.05) is 54.6 Å². The molecular formula is C25H29N3O2. The summed E-state index contributed by atoms with van der Waals surface area (Å²) in [6, 6.07) is 22.3. The number of amides is 1. The molecule has 1 aliphatic heterocycles. The van der Waals surface area contributed by atoms with Crippen LogP contribution in [0.25, 0.3) is 10.8 Å². The average molecular weight is 404 g/mol. The molecule has 0 radical (unpaired) electrons. The summed E-state index contributed by atoms with van der Waals surface area (Å²) in [6.45, 7) is 5.98. The number of para-hydroxylation sites is 1. The SMILES string of the molecule is C[C@@H](C(=O)Nc1cccc2ccccc12)N(C)Cc1ccccc1N1CCOCC1. The molecule has 1 atom stereocenters. The van der Waals surface area contributed by atoms with Gasteiger partial charge in [0.15, 0.2) is 0 Å². The molecule has 1 amide bonds. The number of morpholine rings is 1. The number of fused-ring (bicyclic) bond motifs is 1. The number of hydrogen-bond donors (Lipinski definition) is 1. The van der Waals surface area contributed by atoms with Crippen LogP contribution < -0.4 is 10.2 Å². The summed E-state index contributed by atoms with van der Waals surface area (Å²) in [7, 11) is 2.00. The summed E-state index contributed by atoms with van der Waals surface area (Å²) in [5.74, 6) is -0.00212. The monoisotopic (exact) mass is 403 g/mol. The quantitative estimate of drug-likeness (QED) is 0.672. The lowest BCUT2D eigenvalue weighted by molar-refractivity contribution is -0.120. The van der Waals surface area contributed by atoms with Gasteiger partial charge in [0, 0.05) is 36.4 Å². The number of benzene rings is 3. The Morgan fingerprint density at radius 3 is 2.57 bits per heavy atom. The van der Waals surface area contributed by atoms with Crippen LogP contribution in [0, 0.1) is 0 Å². The minimum Gasteiger partial charge on any atom is -0.378 e. The number of nitrogens with zero attached hydrogens (tertiary/aromatic N) is 2. The van der Waals surface area contributed by atoms with E-state index in [-0.39, 0.29) is 11.9 Å². The summed E-state index contributed by atoms with van der Waals surface area (Å²) >= 11 is 0. The Labute approximate surface area is 178 Å². The van der Waals surface area contributed by atoms with E-state index < -0.39 is 0 Å². The van der Waals surface area contributed by atoms with Crippen LogP contribution in [0.3, 0.4) is 0 Å². The number of nitrogens with one attached hydrogen (secondary N) is 1. The lowest BCUT2D eigenvalue weighted by Crippen LogP contribution is -2.40. The number of hydrogen-bond acceptors (Lipinski definition) is 4. The predicted molar refractivity (Wildman–Crippen MR) is 123 cm³/mol. The third-order valence-corrected chi connectivity index (χ3v) is 5.85. The molecular weight excluding hydrogens is 374 g/mol. The zero-order valence-corrected chi connectivity index (χ0v) is 17.7. The van der Waals surface area contributed by atoms with Crippen LogP contribution in [0.15, 0.2) is 66.7 Å². The Balaban J connectivity index is 1.46. The Kier molecular flexibility index (Phi) is 6.31. The molecule has 3 aromatic carbocycles. The summed E-state index contributed by atoms with van der Waals surface area (Å²) in [4.78, 5) is 17.5. The maximum Gasteiger partial charge on any atom is 0.241 e. The molecule has 0 saturated carbocycles. The molecule has 3 aromatic rings. The molecule has 0 spiro atoms. The number of ether oxygens (including phenoxy) is 1. The van der Waals surface area contributed by atoms with Gasteiger partial charge in [0.25, 0.3) is 0 Å². The Bertz CT molecular complexity index is 1010. The van der Waals surface area contributed by atoms with E-state index in [0.717, 1.165) is 42.8 Å². The smallest absolute Gasteiger partial charge is 0.241 e. The molecule has 30 heavy (non-hydrogen) atoms. The average Bonchev–Trinajstić information content (AvgIpc) is 2.79. The molecule has 0 aromatic heterocycles. The van der Waals surface area contributed by atoms with Crippen molar-refractivity contribution in [2.45, 2.75) is 19.5 Å². The van der Waals surface area contributed by atoms with Crippen molar-refractivity contribution in [1.29, 1.82) is 0 Å². The number of anilines is 2. The summed E-state index contributed by atoms with van der Waals surface area (Å²) < 4.78 is 5.49. The van der Waals surface area contributed by atoms with E-state index in [0.29, 0.717) is 6.54 Å². The minimum atomic E-state index is -0.262. The Morgan fingerprint density at radius 1 is 1.03 bits per heavy atom. The molecule has 5 nitrogen and oxygen atoms in total. The maximum atomic E-state index is 13.0. The van der Waals surface area contributed by atoms with Gasteiger partial charge in [-0.2, -0.15) is 0 Å². The van der Waals surface area contributed by atoms with E-state index in [1.165, 1.54) is 11.3 Å². The third-order valence-electron chi connectivity index (χ3n) is 5.85. The fourth-order valence-electron chi connectivity index (χ4n) is 3.93. The van der Waals surface area contributed by atoms with Crippen molar-refractivity contribution in [3.05, 3.63) is 72.3 Å². The molecule has 1 N–H and O–H groups in total. The van der Waals surface area contributed by atoms with Gasteiger partial charge >= 0.3 is 0 Å². The second-order valence-electron chi connectivity index (χ2n) is 7.84. The highest BCUT2D eigenvalue weighted by atomic mass is 16.5. The first-order valence-corrected chi connectivity index (χ1v) is 10.5. The van der Waals surface area contributed by atoms with Crippen LogP contribution in [0.5, 0.6) is 0 Å². The Morgan fingerprint density at radius 2 is 1.73 bits per heavy atom. The molecule has 156 valence electrons. The van der Waals surface area contributed by atoms with E-state index in [9.17, 15) is 4.79 Å². The number of carbonyl (C=O) groups excluding carboxylic acids is 1. The van der Waals surface area contributed by atoms with Crippen LogP contribution in [0.2, 0.25) is 0 Å². The summed E-state index contributed by atoms with van der Waals surface area (Å²) in [6.07, 6.45) is 0. The fraction of sp³-hybridized carbons (Fsp3) is 0.320. The molecule has 0 unspecified atom stereocenters. The van der Waals surface area contributed by atoms with E-state index in [1.54, 1.807) is 0 Å². The third kappa shape index (κ3) is 4.48. The van der Waals surface area contributed by atoms with Crippen molar-refractivity contribution in [1.82, 2.24) is 4.90 Å². The standard InChI is InChI=1S/C25H29N3O2/c1-19(25(29)26-23-12-7-10-20-8-3-5-11-22(20)23)27(2)18-21-9-4-6-13-24(21)28-14-16-30-17-15-28/h3-13,19H,14-18H2,1-2H3,(H,26,29)/t19-/m0/s1. The molecule has 1 aliphatic rings. The molecule has 1 heterocycles. The molecule has 1 fully saturated rings. The van der Waals surface area contributed by atoms with Crippen molar-refractivity contribution >= 4 is 28.1 Å². The topological polar surface area (TPSA) is 44.8 Å². The summed E-state index contributed by atoms with van der Waals surface area (Å²) in [5.41, 5.74) is 3.31. The van der Waals surface area contributed by atoms with Gasteiger partial charge in [0.2, 0.25) is 5.91 Å². The highest BCUT2D eigenvalue weighted by Crippen LogP contribution is 2.25. The lowest BCUT2D eigenvalue weighted by atomic mass is 10.1. The van der Waals surface area contributed by atoms with Crippen LogP contribution in [-0.4, -0.2) is 50.2 Å². The normalized spacial score (nSPS) is 15.4. The first-order chi connectivity index (χ1) is 14.6. The van der Waals surface area contributed by atoms with Crippen molar-refractivity contribution < 1.29 is 9.53 Å². The van der Waals surface area contributed by atoms with Gasteiger partial charge in [0.05, 0.1) is 19.3 Å². The van der Waals surface area contributed by atoms with Gasteiger partial charge in [-0.05, 0) is 37.1 Å². The minimum absolute atomic E-state index is 0.00212. The fourth-order valence-corrected chi connectivity index (χ4v) is 3.93. The number of likely N-dealkylation sites (N-methyl/N-ethyl adjacent to an activating group) is 1. The molecule has 5 heteroatoms. The van der Waals surface area contributed by atoms with Crippen molar-refractivity contribution in [3.8, 4) is 0 Å². The Hall–Kier alpha value is -2.89. The van der Waals surface area contributed by atoms with Gasteiger partial charge < -0.3 is 15.0 Å². The van der Waals surface area contributed by atoms with Crippen LogP contribution in [0.1, 0.15) is 12.5 Å². The highest BCUT2D eigenvalue weighted by Gasteiger charge is 2.21. The van der Waals surface area contributed by atoms with E-state index in [2.05, 4.69) is 51.5 Å². The number of carbonyl (C=O) groups is 1. The van der Waals surface area contributed by atoms with Gasteiger partial charge in [0.1, 0.15) is 0 Å². The largest absolute Gasteiger partial charge is 0.378 e. The van der Waals surface area contributed by atoms with Crippen LogP contribution in [0.4, 0.5) is 11.4 Å². The van der Waals surface area contributed by atoms with E-state index in [4.69, 9.17) is 4.74 Å². The zero-order chi connectivity index (χ0) is 20.9. The van der Waals surface area contributed by atoms with Gasteiger partial charge in [-0.3, -0.25) is 9.69 Å². The van der Waals surface area contributed by atoms with E-state index >= 15 is 0 Å². The van der Waals surface area contributed by atoms with Gasteiger partial charge in [-0.15, -0.1) is 0 Å². The summed E-state index contributed by atoms with van der Waals surface area (Å²) in [5, 5.41) is 5.30. The molecule has 0 bridgehead atoms. The van der Waals surface area contributed by atoms with Crippen molar-refractivity contribution in [2.24, 2.45) is 0 Å². The zero-order valence-electron chi connectivity index (χ0n) is 17.7. The van der Waals surface area contributed by atoms with Crippen LogP contribution >= 0.6 is 0 Å². The van der Waals surface area contributed by atoms with Crippen molar-refractivity contribution in [2.75, 3.05) is 43.6 Å². The second-order valence-corrected chi connectivity index (χ2v) is 7.84. The lowest BCUT2D eigenvalue weighted by Gasteiger charge is -2.32. The highest BCUT2D eigenvalue weighted by molar-refractivity contribution is 6.03. The molecule has 4 rings (SSSR count). The van der Waals surface area contributed by atoms with E-state index in [1.807, 2.05) is 44.3 Å². The first-order valence-electron chi connectivity index (χ1n) is 10.5. The first kappa shape index (κ1) is 20.4. The van der Waals surface area contributed by atoms with Gasteiger partial charge in [-0.25, -0.2) is 0 Å². The molecule has 0 aliphatic carbocycles. The van der Waals surface area contributed by atoms with Crippen molar-refractivity contribution in [3.63, 3.8) is 0 Å². The van der Waals surface area contributed by atoms with Crippen LogP contribution in [-0.2, 0) is 16.1 Å².